The highest BCUT2D eigenvalue weighted by molar-refractivity contribution is 5.48. The summed E-state index contributed by atoms with van der Waals surface area (Å²) < 4.78 is 5.03. The van der Waals surface area contributed by atoms with Crippen molar-refractivity contribution in [2.24, 2.45) is 0 Å². The van der Waals surface area contributed by atoms with Gasteiger partial charge in [0.1, 0.15) is 5.75 Å². The molecule has 0 spiro atoms. The molecule has 2 rings (SSSR count). The van der Waals surface area contributed by atoms with Crippen LogP contribution in [0.25, 0.3) is 6.08 Å². The fourth-order valence-corrected chi connectivity index (χ4v) is 1.87. The number of methoxy groups -OCH3 is 1. The molecule has 0 unspecified atom stereocenters. The molecule has 0 fully saturated rings. The Kier molecular flexibility index (Phi) is 6.77. The molecule has 0 aliphatic heterocycles. The van der Waals surface area contributed by atoms with Gasteiger partial charge in [-0.05, 0) is 48.2 Å². The van der Waals surface area contributed by atoms with Crippen LogP contribution in [-0.4, -0.2) is 17.3 Å². The second-order valence-electron chi connectivity index (χ2n) is 4.75. The summed E-state index contributed by atoms with van der Waals surface area (Å²) in [6.07, 6.45) is 4.35. The molecule has 0 heterocycles. The summed E-state index contributed by atoms with van der Waals surface area (Å²) in [6.45, 7) is 9.09. The minimum absolute atomic E-state index is 0.218. The molecule has 0 atom stereocenters. The fraction of sp³-hybridized carbons (Fsp3) is 0.158. The van der Waals surface area contributed by atoms with Crippen molar-refractivity contribution in [3.8, 4) is 17.2 Å². The first-order valence-corrected chi connectivity index (χ1v) is 6.90. The van der Waals surface area contributed by atoms with Gasteiger partial charge in [0.25, 0.3) is 0 Å². The van der Waals surface area contributed by atoms with Crippen LogP contribution in [0.1, 0.15) is 16.7 Å². The quantitative estimate of drug-likeness (QED) is 0.819. The number of allylic oxidation sites excluding steroid dienone is 1. The van der Waals surface area contributed by atoms with E-state index in [-0.39, 0.29) is 5.75 Å². The predicted octanol–water partition coefficient (Wildman–Crippen LogP) is 4.47. The van der Waals surface area contributed by atoms with E-state index in [2.05, 4.69) is 13.2 Å². The van der Waals surface area contributed by atoms with E-state index in [0.717, 1.165) is 23.1 Å². The molecule has 0 aromatic heterocycles. The van der Waals surface area contributed by atoms with Gasteiger partial charge in [0.05, 0.1) is 7.11 Å². The third-order valence-corrected chi connectivity index (χ3v) is 3.05. The molecular formula is C19H22O3. The van der Waals surface area contributed by atoms with Gasteiger partial charge in [-0.3, -0.25) is 0 Å². The number of benzene rings is 2. The van der Waals surface area contributed by atoms with Gasteiger partial charge < -0.3 is 14.9 Å². The van der Waals surface area contributed by atoms with Crippen molar-refractivity contribution < 1.29 is 14.9 Å². The molecule has 0 bridgehead atoms. The minimum Gasteiger partial charge on any atom is -0.508 e. The van der Waals surface area contributed by atoms with Crippen molar-refractivity contribution in [2.75, 3.05) is 7.11 Å². The van der Waals surface area contributed by atoms with Gasteiger partial charge in [0.2, 0.25) is 0 Å². The van der Waals surface area contributed by atoms with E-state index >= 15 is 0 Å². The van der Waals surface area contributed by atoms with Crippen LogP contribution in [0.15, 0.2) is 55.6 Å². The zero-order valence-electron chi connectivity index (χ0n) is 13.0. The molecule has 0 aliphatic carbocycles. The average Bonchev–Trinajstić information content (AvgIpc) is 2.52. The number of hydrogen-bond acceptors (Lipinski definition) is 3. The van der Waals surface area contributed by atoms with Gasteiger partial charge in [0, 0.05) is 0 Å². The second-order valence-corrected chi connectivity index (χ2v) is 4.75. The normalized spacial score (nSPS) is 9.36. The third-order valence-electron chi connectivity index (χ3n) is 3.05. The van der Waals surface area contributed by atoms with E-state index in [9.17, 15) is 5.11 Å². The Labute approximate surface area is 131 Å². The summed E-state index contributed by atoms with van der Waals surface area (Å²) in [5.74, 6) is 1.03. The van der Waals surface area contributed by atoms with Crippen LogP contribution in [0, 0.1) is 6.92 Å². The molecular weight excluding hydrogens is 276 g/mol. The molecule has 2 aromatic carbocycles. The van der Waals surface area contributed by atoms with Crippen molar-refractivity contribution in [3.63, 3.8) is 0 Å². The minimum atomic E-state index is 0.218. The summed E-state index contributed by atoms with van der Waals surface area (Å²) in [5, 5.41) is 18.4. The second kappa shape index (κ2) is 8.57. The van der Waals surface area contributed by atoms with Crippen LogP contribution >= 0.6 is 0 Å². The molecule has 2 N–H and O–H groups in total. The lowest BCUT2D eigenvalue weighted by molar-refractivity contribution is 0.371. The van der Waals surface area contributed by atoms with Crippen molar-refractivity contribution in [1.82, 2.24) is 0 Å². The summed E-state index contributed by atoms with van der Waals surface area (Å²) in [7, 11) is 1.55. The highest BCUT2D eigenvalue weighted by Crippen LogP contribution is 2.30. The lowest BCUT2D eigenvalue weighted by atomic mass is 10.1. The van der Waals surface area contributed by atoms with Gasteiger partial charge >= 0.3 is 0 Å². The standard InChI is InChI=1S/C11H14O2.C8H8O/c1-4-5-9-6-8(2)11(12)10(7-9)13-3;1-2-7-3-5-8(9)6-4-7/h4,6-7,12H,1,5H2,2-3H3;2-6,9H,1H2. The molecule has 116 valence electrons. The first-order valence-electron chi connectivity index (χ1n) is 6.90. The Bertz CT molecular complexity index is 628. The summed E-state index contributed by atoms with van der Waals surface area (Å²) in [5.41, 5.74) is 2.95. The van der Waals surface area contributed by atoms with Crippen LogP contribution in [0.3, 0.4) is 0 Å². The molecule has 3 heteroatoms. The molecule has 0 saturated carbocycles. The molecule has 0 amide bonds. The smallest absolute Gasteiger partial charge is 0.161 e. The van der Waals surface area contributed by atoms with E-state index in [1.165, 1.54) is 0 Å². The van der Waals surface area contributed by atoms with Crippen LogP contribution in [0.4, 0.5) is 0 Å². The zero-order valence-corrected chi connectivity index (χ0v) is 13.0. The van der Waals surface area contributed by atoms with E-state index in [1.807, 2.05) is 37.3 Å². The molecule has 2 aromatic rings. The van der Waals surface area contributed by atoms with E-state index < -0.39 is 0 Å². The van der Waals surface area contributed by atoms with Gasteiger partial charge in [-0.25, -0.2) is 0 Å². The Balaban J connectivity index is 0.000000235. The first kappa shape index (κ1) is 17.4. The Morgan fingerprint density at radius 3 is 2.23 bits per heavy atom. The molecule has 0 radical (unpaired) electrons. The van der Waals surface area contributed by atoms with Gasteiger partial charge in [0.15, 0.2) is 11.5 Å². The van der Waals surface area contributed by atoms with Crippen molar-refractivity contribution in [3.05, 3.63) is 72.3 Å². The zero-order chi connectivity index (χ0) is 16.5. The maximum Gasteiger partial charge on any atom is 0.161 e. The number of aryl methyl sites for hydroxylation is 1. The Hall–Kier alpha value is -2.68. The number of ether oxygens (including phenoxy) is 1. The van der Waals surface area contributed by atoms with Gasteiger partial charge in [-0.2, -0.15) is 0 Å². The Morgan fingerprint density at radius 2 is 1.73 bits per heavy atom. The summed E-state index contributed by atoms with van der Waals surface area (Å²) in [4.78, 5) is 0. The number of phenols is 2. The van der Waals surface area contributed by atoms with E-state index in [0.29, 0.717) is 11.5 Å². The first-order chi connectivity index (χ1) is 10.5. The molecule has 3 nitrogen and oxygen atoms in total. The van der Waals surface area contributed by atoms with Crippen LogP contribution in [-0.2, 0) is 6.42 Å². The van der Waals surface area contributed by atoms with Gasteiger partial charge in [-0.15, -0.1) is 6.58 Å². The summed E-state index contributed by atoms with van der Waals surface area (Å²) in [6, 6.07) is 10.6. The largest absolute Gasteiger partial charge is 0.508 e. The van der Waals surface area contributed by atoms with Crippen molar-refractivity contribution in [1.29, 1.82) is 0 Å². The highest BCUT2D eigenvalue weighted by Gasteiger charge is 2.05. The highest BCUT2D eigenvalue weighted by atomic mass is 16.5. The maximum absolute atomic E-state index is 9.54. The van der Waals surface area contributed by atoms with E-state index in [4.69, 9.17) is 9.84 Å². The maximum atomic E-state index is 9.54. The third kappa shape index (κ3) is 5.02. The Morgan fingerprint density at radius 1 is 1.09 bits per heavy atom. The number of rotatable bonds is 4. The van der Waals surface area contributed by atoms with Crippen LogP contribution < -0.4 is 4.74 Å². The fourth-order valence-electron chi connectivity index (χ4n) is 1.87. The monoisotopic (exact) mass is 298 g/mol. The number of aromatic hydroxyl groups is 2. The van der Waals surface area contributed by atoms with Crippen LogP contribution in [0.5, 0.6) is 17.2 Å². The topological polar surface area (TPSA) is 49.7 Å². The number of hydrogen-bond donors (Lipinski definition) is 2. The molecule has 22 heavy (non-hydrogen) atoms. The van der Waals surface area contributed by atoms with E-state index in [1.54, 1.807) is 25.3 Å². The van der Waals surface area contributed by atoms with Gasteiger partial charge in [-0.1, -0.05) is 36.9 Å². The lowest BCUT2D eigenvalue weighted by Crippen LogP contribution is -1.89. The van der Waals surface area contributed by atoms with Crippen molar-refractivity contribution in [2.45, 2.75) is 13.3 Å². The predicted molar refractivity (Wildman–Crippen MR) is 91.5 cm³/mol. The SMILES string of the molecule is C=CCc1cc(C)c(O)c(OC)c1.C=Cc1ccc(O)cc1. The number of phenolic OH excluding ortho intramolecular Hbond substituents is 2. The summed E-state index contributed by atoms with van der Waals surface area (Å²) >= 11 is 0. The lowest BCUT2D eigenvalue weighted by Gasteiger charge is -2.08. The molecule has 0 aliphatic rings. The molecule has 0 saturated heterocycles. The van der Waals surface area contributed by atoms with Crippen LogP contribution in [0.2, 0.25) is 0 Å². The average molecular weight is 298 g/mol. The van der Waals surface area contributed by atoms with Crippen molar-refractivity contribution >= 4 is 6.08 Å².